The van der Waals surface area contributed by atoms with E-state index < -0.39 is 0 Å². The van der Waals surface area contributed by atoms with Gasteiger partial charge in [0.1, 0.15) is 16.9 Å². The molecule has 4 heterocycles. The van der Waals surface area contributed by atoms with Crippen molar-refractivity contribution in [1.82, 2.24) is 29.7 Å². The molecular formula is C18H20N6OS. The van der Waals surface area contributed by atoms with Crippen LogP contribution in [0.15, 0.2) is 42.3 Å². The molecule has 0 radical (unpaired) electrons. The third kappa shape index (κ3) is 3.38. The van der Waals surface area contributed by atoms with Crippen LogP contribution >= 0.6 is 11.3 Å². The van der Waals surface area contributed by atoms with Gasteiger partial charge in [-0.2, -0.15) is 0 Å². The van der Waals surface area contributed by atoms with Crippen LogP contribution in [-0.2, 0) is 18.3 Å². The highest BCUT2D eigenvalue weighted by Crippen LogP contribution is 2.25. The van der Waals surface area contributed by atoms with E-state index in [1.54, 1.807) is 29.9 Å². The first-order valence-corrected chi connectivity index (χ1v) is 9.42. The summed E-state index contributed by atoms with van der Waals surface area (Å²) in [5, 5.41) is 6.20. The average molecular weight is 368 g/mol. The Labute approximate surface area is 155 Å². The van der Waals surface area contributed by atoms with Crippen LogP contribution < -0.4 is 5.32 Å². The Bertz CT molecular complexity index is 890. The predicted octanol–water partition coefficient (Wildman–Crippen LogP) is 1.65. The number of hydrogen-bond acceptors (Lipinski definition) is 6. The number of nitrogens with zero attached hydrogens (tertiary/aromatic N) is 5. The van der Waals surface area contributed by atoms with Gasteiger partial charge in [-0.1, -0.05) is 0 Å². The van der Waals surface area contributed by atoms with Gasteiger partial charge < -0.3 is 14.8 Å². The van der Waals surface area contributed by atoms with Gasteiger partial charge in [-0.3, -0.25) is 9.78 Å². The summed E-state index contributed by atoms with van der Waals surface area (Å²) in [4.78, 5) is 28.0. The standard InChI is InChI=1S/C18H20N6OS/c1-23-7-6-21-17(23)15-11-20-5-8-24(15)16(25)9-14-12-26-18(22-14)13-3-2-4-19-10-13/h2-4,6-7,10,12,15,20H,5,8-9,11H2,1H3. The molecule has 1 unspecified atom stereocenters. The molecule has 1 aliphatic heterocycles. The maximum absolute atomic E-state index is 12.9. The number of aryl methyl sites for hydroxylation is 1. The fourth-order valence-electron chi connectivity index (χ4n) is 3.20. The van der Waals surface area contributed by atoms with Gasteiger partial charge in [0, 0.05) is 62.4 Å². The third-order valence-corrected chi connectivity index (χ3v) is 5.45. The first-order valence-electron chi connectivity index (χ1n) is 8.54. The van der Waals surface area contributed by atoms with Crippen molar-refractivity contribution < 1.29 is 4.79 Å². The second-order valence-corrected chi connectivity index (χ2v) is 7.12. The van der Waals surface area contributed by atoms with Gasteiger partial charge in [-0.05, 0) is 12.1 Å². The van der Waals surface area contributed by atoms with Gasteiger partial charge in [-0.15, -0.1) is 11.3 Å². The van der Waals surface area contributed by atoms with Crippen LogP contribution in [0.25, 0.3) is 10.6 Å². The number of aromatic nitrogens is 4. The van der Waals surface area contributed by atoms with Crippen molar-refractivity contribution in [2.45, 2.75) is 12.5 Å². The lowest BCUT2D eigenvalue weighted by molar-refractivity contribution is -0.134. The van der Waals surface area contributed by atoms with E-state index in [4.69, 9.17) is 0 Å². The minimum absolute atomic E-state index is 0.0484. The van der Waals surface area contributed by atoms with E-state index in [-0.39, 0.29) is 11.9 Å². The molecule has 0 spiro atoms. The zero-order valence-electron chi connectivity index (χ0n) is 14.5. The Morgan fingerprint density at radius 2 is 2.35 bits per heavy atom. The molecule has 1 saturated heterocycles. The largest absolute Gasteiger partial charge is 0.336 e. The molecule has 0 saturated carbocycles. The second-order valence-electron chi connectivity index (χ2n) is 6.27. The lowest BCUT2D eigenvalue weighted by Crippen LogP contribution is -2.49. The molecular weight excluding hydrogens is 348 g/mol. The van der Waals surface area contributed by atoms with Crippen molar-refractivity contribution in [2.24, 2.45) is 7.05 Å². The summed E-state index contributed by atoms with van der Waals surface area (Å²) < 4.78 is 1.97. The van der Waals surface area contributed by atoms with Gasteiger partial charge >= 0.3 is 0 Å². The fourth-order valence-corrected chi connectivity index (χ4v) is 4.01. The summed E-state index contributed by atoms with van der Waals surface area (Å²) in [5.74, 6) is 0.988. The molecule has 26 heavy (non-hydrogen) atoms. The third-order valence-electron chi connectivity index (χ3n) is 4.51. The van der Waals surface area contributed by atoms with E-state index in [1.165, 1.54) is 0 Å². The smallest absolute Gasteiger partial charge is 0.229 e. The molecule has 4 rings (SSSR count). The number of amides is 1. The summed E-state index contributed by atoms with van der Waals surface area (Å²) in [6.07, 6.45) is 7.51. The Morgan fingerprint density at radius 3 is 3.12 bits per heavy atom. The Balaban J connectivity index is 1.50. The number of imidazole rings is 1. The van der Waals surface area contributed by atoms with E-state index in [9.17, 15) is 4.79 Å². The van der Waals surface area contributed by atoms with Gasteiger partial charge in [0.2, 0.25) is 5.91 Å². The first-order chi connectivity index (χ1) is 12.7. The second kappa shape index (κ2) is 7.35. The predicted molar refractivity (Wildman–Crippen MR) is 99.6 cm³/mol. The molecule has 1 N–H and O–H groups in total. The van der Waals surface area contributed by atoms with Crippen molar-refractivity contribution in [3.05, 3.63) is 53.8 Å². The summed E-state index contributed by atoms with van der Waals surface area (Å²) >= 11 is 1.54. The monoisotopic (exact) mass is 368 g/mol. The topological polar surface area (TPSA) is 75.9 Å². The van der Waals surface area contributed by atoms with Crippen LogP contribution in [0.2, 0.25) is 0 Å². The van der Waals surface area contributed by atoms with Gasteiger partial charge in [0.15, 0.2) is 0 Å². The minimum atomic E-state index is -0.0484. The molecule has 1 atom stereocenters. The highest BCUT2D eigenvalue weighted by Gasteiger charge is 2.30. The Kier molecular flexibility index (Phi) is 4.77. The Hall–Kier alpha value is -2.58. The lowest BCUT2D eigenvalue weighted by Gasteiger charge is -2.35. The number of pyridine rings is 1. The summed E-state index contributed by atoms with van der Waals surface area (Å²) in [6, 6.07) is 3.82. The highest BCUT2D eigenvalue weighted by molar-refractivity contribution is 7.13. The van der Waals surface area contributed by atoms with Crippen molar-refractivity contribution in [3.8, 4) is 10.6 Å². The average Bonchev–Trinajstić information content (AvgIpc) is 3.31. The summed E-state index contributed by atoms with van der Waals surface area (Å²) in [6.45, 7) is 2.19. The summed E-state index contributed by atoms with van der Waals surface area (Å²) in [7, 11) is 1.96. The van der Waals surface area contributed by atoms with Gasteiger partial charge in [0.05, 0.1) is 12.1 Å². The van der Waals surface area contributed by atoms with Crippen molar-refractivity contribution in [1.29, 1.82) is 0 Å². The molecule has 1 fully saturated rings. The normalized spacial score (nSPS) is 17.4. The number of nitrogens with one attached hydrogen (secondary N) is 1. The van der Waals surface area contributed by atoms with E-state index >= 15 is 0 Å². The minimum Gasteiger partial charge on any atom is -0.336 e. The van der Waals surface area contributed by atoms with Gasteiger partial charge in [0.25, 0.3) is 0 Å². The van der Waals surface area contributed by atoms with E-state index in [0.29, 0.717) is 19.5 Å². The maximum atomic E-state index is 12.9. The molecule has 3 aromatic heterocycles. The molecule has 1 aliphatic rings. The number of rotatable bonds is 4. The Morgan fingerprint density at radius 1 is 1.42 bits per heavy atom. The number of piperazine rings is 1. The van der Waals surface area contributed by atoms with Crippen LogP contribution in [-0.4, -0.2) is 50.0 Å². The molecule has 134 valence electrons. The van der Waals surface area contributed by atoms with Crippen LogP contribution in [0.3, 0.4) is 0 Å². The number of thiazole rings is 1. The maximum Gasteiger partial charge on any atom is 0.229 e. The molecule has 0 aliphatic carbocycles. The van der Waals surface area contributed by atoms with E-state index in [0.717, 1.165) is 28.6 Å². The van der Waals surface area contributed by atoms with Crippen LogP contribution in [0.1, 0.15) is 17.6 Å². The highest BCUT2D eigenvalue weighted by atomic mass is 32.1. The van der Waals surface area contributed by atoms with Crippen LogP contribution in [0, 0.1) is 0 Å². The van der Waals surface area contributed by atoms with Crippen molar-refractivity contribution in [2.75, 3.05) is 19.6 Å². The number of carbonyl (C=O) groups excluding carboxylic acids is 1. The molecule has 1 amide bonds. The fraction of sp³-hybridized carbons (Fsp3) is 0.333. The molecule has 0 bridgehead atoms. The van der Waals surface area contributed by atoms with E-state index in [2.05, 4.69) is 20.3 Å². The number of hydrogen-bond donors (Lipinski definition) is 1. The number of carbonyl (C=O) groups is 1. The quantitative estimate of drug-likeness (QED) is 0.758. The SMILES string of the molecule is Cn1ccnc1C1CNCCN1C(=O)Cc1csc(-c2cccnc2)n1. The van der Waals surface area contributed by atoms with E-state index in [1.807, 2.05) is 40.2 Å². The zero-order chi connectivity index (χ0) is 17.9. The van der Waals surface area contributed by atoms with Crippen LogP contribution in [0.5, 0.6) is 0 Å². The van der Waals surface area contributed by atoms with Crippen LogP contribution in [0.4, 0.5) is 0 Å². The van der Waals surface area contributed by atoms with Gasteiger partial charge in [-0.25, -0.2) is 9.97 Å². The summed E-state index contributed by atoms with van der Waals surface area (Å²) in [5.41, 5.74) is 1.78. The first kappa shape index (κ1) is 16.9. The van der Waals surface area contributed by atoms with Crippen molar-refractivity contribution in [3.63, 3.8) is 0 Å². The molecule has 0 aromatic carbocycles. The van der Waals surface area contributed by atoms with Crippen molar-refractivity contribution >= 4 is 17.2 Å². The molecule has 3 aromatic rings. The lowest BCUT2D eigenvalue weighted by atomic mass is 10.1. The zero-order valence-corrected chi connectivity index (χ0v) is 15.3. The molecule has 8 heteroatoms. The molecule has 7 nitrogen and oxygen atoms in total.